The summed E-state index contributed by atoms with van der Waals surface area (Å²) in [7, 11) is 1.77. The maximum atomic E-state index is 13.9. The number of rotatable bonds is 4. The van der Waals surface area contributed by atoms with Gasteiger partial charge in [-0.15, -0.1) is 0 Å². The summed E-state index contributed by atoms with van der Waals surface area (Å²) in [5.74, 6) is -0.971. The number of aliphatic carboxylic acids is 1. The quantitative estimate of drug-likeness (QED) is 0.640. The minimum absolute atomic E-state index is 0.0612. The second-order valence-electron chi connectivity index (χ2n) is 7.48. The topological polar surface area (TPSA) is 58.4 Å². The molecule has 0 saturated heterocycles. The van der Waals surface area contributed by atoms with Gasteiger partial charge in [0.2, 0.25) is 0 Å². The Hall–Kier alpha value is -3.10. The van der Waals surface area contributed by atoms with E-state index in [4.69, 9.17) is 0 Å². The van der Waals surface area contributed by atoms with Crippen molar-refractivity contribution in [2.75, 3.05) is 11.9 Å². The zero-order valence-electron chi connectivity index (χ0n) is 16.1. The Morgan fingerprint density at radius 2 is 2.07 bits per heavy atom. The highest BCUT2D eigenvalue weighted by Gasteiger charge is 2.32. The smallest absolute Gasteiger partial charge is 0.417 e. The number of fused-ring (bicyclic) bond motifs is 3. The molecule has 1 atom stereocenters. The molecular formula is C21H19F4N3O2. The number of nitrogens with zero attached hydrogens (tertiary/aromatic N) is 3. The predicted octanol–water partition coefficient (Wildman–Crippen LogP) is 4.27. The SMILES string of the molecule is CN(c1ccc(C(F)(F)F)cn1)[C@H]1CCc2c(c3cc(F)ccc3n2CC(=O)O)C1. The summed E-state index contributed by atoms with van der Waals surface area (Å²) < 4.78 is 54.0. The summed E-state index contributed by atoms with van der Waals surface area (Å²) in [6.45, 7) is -0.210. The standard InChI is InChI=1S/C21H19F4N3O2/c1-27(19-7-2-12(10-26-19)21(23,24)25)14-4-6-18-16(9-14)15-8-13(22)3-5-17(15)28(18)11-20(29)30/h2-3,5,7-8,10,14H,4,6,9,11H2,1H3,(H,29,30)/t14-/m0/s1. The molecule has 1 aromatic carbocycles. The van der Waals surface area contributed by atoms with E-state index in [1.165, 1.54) is 18.2 Å². The van der Waals surface area contributed by atoms with Crippen molar-refractivity contribution in [2.45, 2.75) is 38.0 Å². The van der Waals surface area contributed by atoms with E-state index < -0.39 is 23.5 Å². The molecule has 2 aromatic heterocycles. The summed E-state index contributed by atoms with van der Waals surface area (Å²) in [5.41, 5.74) is 1.60. The molecule has 9 heteroatoms. The third kappa shape index (κ3) is 3.59. The van der Waals surface area contributed by atoms with Crippen LogP contribution in [0.2, 0.25) is 0 Å². The highest BCUT2D eigenvalue weighted by Crippen LogP contribution is 2.35. The van der Waals surface area contributed by atoms with E-state index in [0.29, 0.717) is 36.0 Å². The van der Waals surface area contributed by atoms with Crippen molar-refractivity contribution in [3.63, 3.8) is 0 Å². The minimum Gasteiger partial charge on any atom is -0.480 e. The fourth-order valence-electron chi connectivity index (χ4n) is 4.20. The Kier molecular flexibility index (Phi) is 4.91. The third-order valence-electron chi connectivity index (χ3n) is 5.68. The fourth-order valence-corrected chi connectivity index (χ4v) is 4.20. The number of carboxylic acid groups (broad SMARTS) is 1. The number of carboxylic acids is 1. The molecule has 0 unspecified atom stereocenters. The molecule has 158 valence electrons. The van der Waals surface area contributed by atoms with Gasteiger partial charge in [0.1, 0.15) is 18.2 Å². The highest BCUT2D eigenvalue weighted by atomic mass is 19.4. The molecule has 0 radical (unpaired) electrons. The Balaban J connectivity index is 1.67. The van der Waals surface area contributed by atoms with Crippen LogP contribution in [0.3, 0.4) is 0 Å². The molecule has 0 aliphatic heterocycles. The van der Waals surface area contributed by atoms with Gasteiger partial charge >= 0.3 is 12.1 Å². The van der Waals surface area contributed by atoms with Crippen LogP contribution in [-0.2, 0) is 30.4 Å². The van der Waals surface area contributed by atoms with Crippen molar-refractivity contribution >= 4 is 22.7 Å². The zero-order chi connectivity index (χ0) is 21.6. The van der Waals surface area contributed by atoms with Crippen LogP contribution in [-0.4, -0.2) is 33.7 Å². The monoisotopic (exact) mass is 421 g/mol. The first kappa shape index (κ1) is 20.2. The third-order valence-corrected chi connectivity index (χ3v) is 5.68. The van der Waals surface area contributed by atoms with Crippen LogP contribution in [0, 0.1) is 5.82 Å². The van der Waals surface area contributed by atoms with Gasteiger partial charge in [-0.2, -0.15) is 13.2 Å². The van der Waals surface area contributed by atoms with E-state index in [0.717, 1.165) is 23.5 Å². The van der Waals surface area contributed by atoms with Crippen molar-refractivity contribution in [1.29, 1.82) is 0 Å². The summed E-state index contributed by atoms with van der Waals surface area (Å²) in [6.07, 6.45) is -1.87. The van der Waals surface area contributed by atoms with Gasteiger partial charge in [0.15, 0.2) is 0 Å². The lowest BCUT2D eigenvalue weighted by Gasteiger charge is -2.33. The molecule has 1 N–H and O–H groups in total. The first-order valence-electron chi connectivity index (χ1n) is 9.42. The van der Waals surface area contributed by atoms with E-state index in [9.17, 15) is 27.5 Å². The van der Waals surface area contributed by atoms with Crippen LogP contribution in [0.25, 0.3) is 10.9 Å². The molecule has 30 heavy (non-hydrogen) atoms. The second-order valence-corrected chi connectivity index (χ2v) is 7.48. The molecule has 4 rings (SSSR count). The van der Waals surface area contributed by atoms with Crippen LogP contribution in [0.4, 0.5) is 23.4 Å². The van der Waals surface area contributed by atoms with E-state index in [2.05, 4.69) is 4.98 Å². The second kappa shape index (κ2) is 7.30. The van der Waals surface area contributed by atoms with Crippen molar-refractivity contribution < 1.29 is 27.5 Å². The number of benzene rings is 1. The van der Waals surface area contributed by atoms with Crippen LogP contribution < -0.4 is 4.90 Å². The maximum Gasteiger partial charge on any atom is 0.417 e. The van der Waals surface area contributed by atoms with E-state index in [1.54, 1.807) is 17.7 Å². The van der Waals surface area contributed by atoms with Crippen LogP contribution in [0.1, 0.15) is 23.2 Å². The molecule has 0 bridgehead atoms. The summed E-state index contributed by atoms with van der Waals surface area (Å²) in [6, 6.07) is 6.58. The number of likely N-dealkylation sites (N-methyl/N-ethyl adjacent to an activating group) is 1. The molecule has 0 saturated carbocycles. The number of aromatic nitrogens is 2. The average Bonchev–Trinajstić information content (AvgIpc) is 2.99. The highest BCUT2D eigenvalue weighted by molar-refractivity contribution is 5.87. The molecule has 1 aliphatic rings. The van der Waals surface area contributed by atoms with Gasteiger partial charge in [-0.25, -0.2) is 9.37 Å². The molecule has 0 spiro atoms. The number of anilines is 1. The van der Waals surface area contributed by atoms with Crippen LogP contribution in [0.5, 0.6) is 0 Å². The lowest BCUT2D eigenvalue weighted by atomic mass is 9.90. The zero-order valence-corrected chi connectivity index (χ0v) is 16.1. The number of alkyl halides is 3. The van der Waals surface area contributed by atoms with Gasteiger partial charge in [-0.1, -0.05) is 0 Å². The maximum absolute atomic E-state index is 13.9. The molecule has 2 heterocycles. The number of hydrogen-bond donors (Lipinski definition) is 1. The first-order chi connectivity index (χ1) is 14.1. The van der Waals surface area contributed by atoms with Crippen molar-refractivity contribution in [3.8, 4) is 0 Å². The van der Waals surface area contributed by atoms with Crippen molar-refractivity contribution in [2.24, 2.45) is 0 Å². The Labute approximate surface area is 169 Å². The van der Waals surface area contributed by atoms with Crippen LogP contribution in [0.15, 0.2) is 36.5 Å². The molecule has 0 amide bonds. The summed E-state index contributed by atoms with van der Waals surface area (Å²) >= 11 is 0. The minimum atomic E-state index is -4.44. The van der Waals surface area contributed by atoms with Crippen molar-refractivity contribution in [1.82, 2.24) is 9.55 Å². The first-order valence-corrected chi connectivity index (χ1v) is 9.42. The largest absolute Gasteiger partial charge is 0.480 e. The average molecular weight is 421 g/mol. The van der Waals surface area contributed by atoms with Gasteiger partial charge in [0.05, 0.1) is 5.56 Å². The number of halogens is 4. The molecule has 5 nitrogen and oxygen atoms in total. The van der Waals surface area contributed by atoms with Gasteiger partial charge in [0.25, 0.3) is 0 Å². The van der Waals surface area contributed by atoms with Crippen LogP contribution >= 0.6 is 0 Å². The molecule has 1 aliphatic carbocycles. The van der Waals surface area contributed by atoms with Gasteiger partial charge in [-0.3, -0.25) is 4.79 Å². The molecular weight excluding hydrogens is 402 g/mol. The summed E-state index contributed by atoms with van der Waals surface area (Å²) in [4.78, 5) is 17.1. The predicted molar refractivity (Wildman–Crippen MR) is 103 cm³/mol. The lowest BCUT2D eigenvalue weighted by Crippen LogP contribution is -2.37. The number of pyridine rings is 1. The molecule has 0 fully saturated rings. The molecule has 3 aromatic rings. The normalized spacial score (nSPS) is 16.5. The van der Waals surface area contributed by atoms with Crippen molar-refractivity contribution in [3.05, 3.63) is 59.2 Å². The van der Waals surface area contributed by atoms with E-state index in [-0.39, 0.29) is 12.6 Å². The fraction of sp³-hybridized carbons (Fsp3) is 0.333. The van der Waals surface area contributed by atoms with E-state index >= 15 is 0 Å². The Bertz CT molecular complexity index is 1110. The number of carbonyl (C=O) groups is 1. The van der Waals surface area contributed by atoms with Gasteiger partial charge in [-0.05, 0) is 55.2 Å². The summed E-state index contributed by atoms with van der Waals surface area (Å²) in [5, 5.41) is 9.95. The van der Waals surface area contributed by atoms with Gasteiger partial charge in [0, 0.05) is 35.9 Å². The number of hydrogen-bond acceptors (Lipinski definition) is 3. The van der Waals surface area contributed by atoms with E-state index in [1.807, 2.05) is 4.90 Å². The van der Waals surface area contributed by atoms with Gasteiger partial charge < -0.3 is 14.6 Å². The lowest BCUT2D eigenvalue weighted by molar-refractivity contribution is -0.138. The Morgan fingerprint density at radius 1 is 1.30 bits per heavy atom. The Morgan fingerprint density at radius 3 is 2.70 bits per heavy atom.